The number of rotatable bonds is 7. The number of amides is 2. The van der Waals surface area contributed by atoms with Crippen LogP contribution in [0.3, 0.4) is 0 Å². The predicted octanol–water partition coefficient (Wildman–Crippen LogP) is 3.15. The lowest BCUT2D eigenvalue weighted by molar-refractivity contribution is 0.166. The van der Waals surface area contributed by atoms with Crippen molar-refractivity contribution < 1.29 is 14.6 Å². The Kier molecular flexibility index (Phi) is 6.63. The number of aliphatic hydroxyl groups is 1. The summed E-state index contributed by atoms with van der Waals surface area (Å²) in [6.45, 7) is 2.28. The molecule has 1 unspecified atom stereocenters. The molecule has 2 aromatic rings. The third kappa shape index (κ3) is 5.28. The molecule has 0 radical (unpaired) electrons. The summed E-state index contributed by atoms with van der Waals surface area (Å²) in [6, 6.07) is 16.9. The molecule has 0 aromatic heterocycles. The van der Waals surface area contributed by atoms with Gasteiger partial charge in [-0.1, -0.05) is 36.4 Å². The van der Waals surface area contributed by atoms with Crippen LogP contribution in [0, 0.1) is 0 Å². The summed E-state index contributed by atoms with van der Waals surface area (Å²) in [6.07, 6.45) is 0.828. The fourth-order valence-corrected chi connectivity index (χ4v) is 2.13. The van der Waals surface area contributed by atoms with Gasteiger partial charge in [0.1, 0.15) is 5.75 Å². The van der Waals surface area contributed by atoms with Gasteiger partial charge in [-0.05, 0) is 24.6 Å². The van der Waals surface area contributed by atoms with Crippen molar-refractivity contribution >= 4 is 11.7 Å². The average Bonchev–Trinajstić information content (AvgIpc) is 2.61. The number of hydrogen-bond donors (Lipinski definition) is 2. The van der Waals surface area contributed by atoms with Gasteiger partial charge in [0.25, 0.3) is 0 Å². The van der Waals surface area contributed by atoms with Crippen molar-refractivity contribution in [2.75, 3.05) is 25.6 Å². The molecule has 0 bridgehead atoms. The van der Waals surface area contributed by atoms with Crippen molar-refractivity contribution in [1.82, 2.24) is 4.90 Å². The van der Waals surface area contributed by atoms with Gasteiger partial charge >= 0.3 is 6.03 Å². The van der Waals surface area contributed by atoms with Crippen LogP contribution >= 0.6 is 0 Å². The van der Waals surface area contributed by atoms with Gasteiger partial charge in [-0.15, -0.1) is 0 Å². The van der Waals surface area contributed by atoms with E-state index in [2.05, 4.69) is 17.4 Å². The fourth-order valence-electron chi connectivity index (χ4n) is 2.13. The zero-order valence-corrected chi connectivity index (χ0v) is 14.1. The van der Waals surface area contributed by atoms with Crippen molar-refractivity contribution in [3.8, 4) is 5.75 Å². The number of likely N-dealkylation sites (N-methyl/N-ethyl adjacent to an activating group) is 1. The van der Waals surface area contributed by atoms with E-state index < -0.39 is 0 Å². The lowest BCUT2D eigenvalue weighted by Crippen LogP contribution is -2.40. The summed E-state index contributed by atoms with van der Waals surface area (Å²) in [5.74, 6) is 0.710. The van der Waals surface area contributed by atoms with E-state index in [0.29, 0.717) is 18.0 Å². The number of benzene rings is 2. The Morgan fingerprint density at radius 1 is 1.21 bits per heavy atom. The highest BCUT2D eigenvalue weighted by Crippen LogP contribution is 2.18. The van der Waals surface area contributed by atoms with Gasteiger partial charge < -0.3 is 20.1 Å². The summed E-state index contributed by atoms with van der Waals surface area (Å²) in [4.78, 5) is 13.5. The van der Waals surface area contributed by atoms with Crippen LogP contribution in [0.4, 0.5) is 10.5 Å². The molecule has 2 aromatic carbocycles. The minimum atomic E-state index is -0.266. The number of aliphatic hydroxyl groups excluding tert-OH is 1. The van der Waals surface area contributed by atoms with Crippen molar-refractivity contribution in [2.24, 2.45) is 0 Å². The lowest BCUT2D eigenvalue weighted by Gasteiger charge is -2.23. The standard InChI is InChI=1S/C19H24N2O3/c1-15(14-22)21(2)19(23)20-17-9-6-10-18(13-17)24-12-11-16-7-4-3-5-8-16/h3-10,13,15,22H,11-12,14H2,1-2H3,(H,20,23). The summed E-state index contributed by atoms with van der Waals surface area (Å²) in [5, 5.41) is 11.9. The molecule has 0 aliphatic heterocycles. The van der Waals surface area contributed by atoms with Crippen LogP contribution in [0.5, 0.6) is 5.75 Å². The molecule has 2 amide bonds. The number of carbonyl (C=O) groups excluding carboxylic acids is 1. The average molecular weight is 328 g/mol. The van der Waals surface area contributed by atoms with Crippen LogP contribution in [0.15, 0.2) is 54.6 Å². The second-order valence-corrected chi connectivity index (χ2v) is 5.68. The summed E-state index contributed by atoms with van der Waals surface area (Å²) >= 11 is 0. The minimum Gasteiger partial charge on any atom is -0.493 e. The molecule has 0 heterocycles. The summed E-state index contributed by atoms with van der Waals surface area (Å²) < 4.78 is 5.76. The van der Waals surface area contributed by atoms with E-state index in [9.17, 15) is 4.79 Å². The van der Waals surface area contributed by atoms with E-state index in [-0.39, 0.29) is 18.7 Å². The largest absolute Gasteiger partial charge is 0.493 e. The monoisotopic (exact) mass is 328 g/mol. The highest BCUT2D eigenvalue weighted by Gasteiger charge is 2.14. The molecule has 128 valence electrons. The molecule has 0 saturated carbocycles. The molecular weight excluding hydrogens is 304 g/mol. The quantitative estimate of drug-likeness (QED) is 0.821. The number of anilines is 1. The topological polar surface area (TPSA) is 61.8 Å². The fraction of sp³-hybridized carbons (Fsp3) is 0.316. The highest BCUT2D eigenvalue weighted by molar-refractivity contribution is 5.89. The van der Waals surface area contributed by atoms with E-state index in [4.69, 9.17) is 9.84 Å². The predicted molar refractivity (Wildman–Crippen MR) is 95.4 cm³/mol. The summed E-state index contributed by atoms with van der Waals surface area (Å²) in [5.41, 5.74) is 1.88. The molecule has 2 N–H and O–H groups in total. The SMILES string of the molecule is CC(CO)N(C)C(=O)Nc1cccc(OCCc2ccccc2)c1. The van der Waals surface area contributed by atoms with Crippen molar-refractivity contribution in [1.29, 1.82) is 0 Å². The number of ether oxygens (including phenoxy) is 1. The Morgan fingerprint density at radius 3 is 2.67 bits per heavy atom. The first kappa shape index (κ1) is 17.8. The maximum Gasteiger partial charge on any atom is 0.321 e. The maximum atomic E-state index is 12.1. The number of hydrogen-bond acceptors (Lipinski definition) is 3. The van der Waals surface area contributed by atoms with Gasteiger partial charge in [0.05, 0.1) is 19.3 Å². The molecule has 0 aliphatic rings. The Balaban J connectivity index is 1.88. The van der Waals surface area contributed by atoms with Crippen LogP contribution in [0.25, 0.3) is 0 Å². The molecule has 0 spiro atoms. The zero-order chi connectivity index (χ0) is 17.4. The molecule has 5 heteroatoms. The first-order valence-corrected chi connectivity index (χ1v) is 8.01. The van der Waals surface area contributed by atoms with Crippen molar-refractivity contribution in [3.05, 3.63) is 60.2 Å². The molecule has 24 heavy (non-hydrogen) atoms. The van der Waals surface area contributed by atoms with E-state index in [1.165, 1.54) is 10.5 Å². The number of carbonyl (C=O) groups is 1. The van der Waals surface area contributed by atoms with Crippen LogP contribution in [-0.2, 0) is 6.42 Å². The molecule has 0 aliphatic carbocycles. The molecule has 0 fully saturated rings. The molecule has 5 nitrogen and oxygen atoms in total. The smallest absolute Gasteiger partial charge is 0.321 e. The van der Waals surface area contributed by atoms with E-state index in [0.717, 1.165) is 6.42 Å². The van der Waals surface area contributed by atoms with Crippen LogP contribution in [-0.4, -0.2) is 42.3 Å². The van der Waals surface area contributed by atoms with Crippen LogP contribution in [0.2, 0.25) is 0 Å². The Labute approximate surface area is 142 Å². The Bertz CT molecular complexity index is 646. The van der Waals surface area contributed by atoms with Gasteiger partial charge in [0.2, 0.25) is 0 Å². The Hall–Kier alpha value is -2.53. The Morgan fingerprint density at radius 2 is 1.96 bits per heavy atom. The first-order chi connectivity index (χ1) is 11.6. The van der Waals surface area contributed by atoms with E-state index >= 15 is 0 Å². The number of nitrogens with one attached hydrogen (secondary N) is 1. The van der Waals surface area contributed by atoms with Crippen LogP contribution < -0.4 is 10.1 Å². The minimum absolute atomic E-state index is 0.0768. The van der Waals surface area contributed by atoms with Gasteiger partial charge in [0, 0.05) is 25.2 Å². The van der Waals surface area contributed by atoms with Crippen LogP contribution in [0.1, 0.15) is 12.5 Å². The van der Waals surface area contributed by atoms with Gasteiger partial charge in [-0.2, -0.15) is 0 Å². The van der Waals surface area contributed by atoms with Crippen molar-refractivity contribution in [2.45, 2.75) is 19.4 Å². The molecule has 1 atom stereocenters. The number of nitrogens with zero attached hydrogens (tertiary/aromatic N) is 1. The molecular formula is C19H24N2O3. The normalized spacial score (nSPS) is 11.6. The molecule has 2 rings (SSSR count). The lowest BCUT2D eigenvalue weighted by atomic mass is 10.2. The second kappa shape index (κ2) is 8.93. The van der Waals surface area contributed by atoms with Crippen molar-refractivity contribution in [3.63, 3.8) is 0 Å². The number of urea groups is 1. The van der Waals surface area contributed by atoms with E-state index in [1.54, 1.807) is 26.1 Å². The second-order valence-electron chi connectivity index (χ2n) is 5.68. The molecule has 0 saturated heterocycles. The van der Waals surface area contributed by atoms with Gasteiger partial charge in [-0.3, -0.25) is 0 Å². The van der Waals surface area contributed by atoms with Gasteiger partial charge in [-0.25, -0.2) is 4.79 Å². The third-order valence-corrected chi connectivity index (χ3v) is 3.83. The third-order valence-electron chi connectivity index (χ3n) is 3.83. The first-order valence-electron chi connectivity index (χ1n) is 8.01. The summed E-state index contributed by atoms with van der Waals surface area (Å²) in [7, 11) is 1.65. The zero-order valence-electron chi connectivity index (χ0n) is 14.1. The maximum absolute atomic E-state index is 12.1. The highest BCUT2D eigenvalue weighted by atomic mass is 16.5. The van der Waals surface area contributed by atoms with Gasteiger partial charge in [0.15, 0.2) is 0 Å². The van der Waals surface area contributed by atoms with E-state index in [1.807, 2.05) is 30.3 Å².